The van der Waals surface area contributed by atoms with Crippen LogP contribution >= 0.6 is 0 Å². The average Bonchev–Trinajstić information content (AvgIpc) is 2.87. The summed E-state index contributed by atoms with van der Waals surface area (Å²) in [5, 5.41) is 21.2. The lowest BCUT2D eigenvalue weighted by Gasteiger charge is -2.18. The Labute approximate surface area is 123 Å². The van der Waals surface area contributed by atoms with Gasteiger partial charge in [0.15, 0.2) is 0 Å². The third-order valence-corrected chi connectivity index (χ3v) is 3.23. The van der Waals surface area contributed by atoms with E-state index in [-0.39, 0.29) is 16.0 Å². The van der Waals surface area contributed by atoms with Crippen molar-refractivity contribution < 1.29 is 4.92 Å². The maximum absolute atomic E-state index is 10.7. The van der Waals surface area contributed by atoms with Gasteiger partial charge in [0.05, 0.1) is 11.1 Å². The molecule has 0 aliphatic heterocycles. The Morgan fingerprint density at radius 2 is 2.10 bits per heavy atom. The number of H-pyrrole nitrogens is 1. The molecule has 0 fully saturated rings. The van der Waals surface area contributed by atoms with Gasteiger partial charge >= 0.3 is 0 Å². The molecule has 0 saturated carbocycles. The van der Waals surface area contributed by atoms with Crippen molar-refractivity contribution in [2.45, 2.75) is 39.3 Å². The molecule has 2 rings (SSSR count). The minimum Gasteiger partial charge on any atom is -0.308 e. The normalized spacial score (nSPS) is 11.6. The molecule has 21 heavy (non-hydrogen) atoms. The van der Waals surface area contributed by atoms with Gasteiger partial charge in [-0.15, -0.1) is 0 Å². The molecule has 0 unspecified atom stereocenters. The Hall–Kier alpha value is -2.21. The van der Waals surface area contributed by atoms with Gasteiger partial charge in [-0.05, 0) is 5.56 Å². The van der Waals surface area contributed by atoms with Gasteiger partial charge < -0.3 is 5.32 Å². The summed E-state index contributed by atoms with van der Waals surface area (Å²) >= 11 is 0. The quantitative estimate of drug-likeness (QED) is 0.654. The molecule has 1 aromatic carbocycles. The number of rotatable bonds is 5. The molecule has 112 valence electrons. The zero-order valence-electron chi connectivity index (χ0n) is 12.5. The van der Waals surface area contributed by atoms with Crippen LogP contribution in [0.25, 0.3) is 0 Å². The van der Waals surface area contributed by atoms with E-state index < -0.39 is 0 Å². The van der Waals surface area contributed by atoms with Crippen molar-refractivity contribution in [3.05, 3.63) is 57.4 Å². The number of nitro groups is 1. The summed E-state index contributed by atoms with van der Waals surface area (Å²) in [5.74, 6) is 0. The summed E-state index contributed by atoms with van der Waals surface area (Å²) in [6, 6.07) is 6.66. The summed E-state index contributed by atoms with van der Waals surface area (Å²) < 4.78 is 0. The van der Waals surface area contributed by atoms with Crippen molar-refractivity contribution in [1.82, 2.24) is 15.5 Å². The molecule has 0 atom stereocenters. The highest BCUT2D eigenvalue weighted by molar-refractivity contribution is 5.34. The van der Waals surface area contributed by atoms with Crippen LogP contribution in [0, 0.1) is 10.1 Å². The molecule has 0 radical (unpaired) electrons. The van der Waals surface area contributed by atoms with E-state index in [1.54, 1.807) is 12.1 Å². The third kappa shape index (κ3) is 3.88. The predicted octanol–water partition coefficient (Wildman–Crippen LogP) is 2.91. The van der Waals surface area contributed by atoms with Crippen molar-refractivity contribution in [3.63, 3.8) is 0 Å². The van der Waals surface area contributed by atoms with Crippen molar-refractivity contribution in [2.75, 3.05) is 0 Å². The van der Waals surface area contributed by atoms with Crippen LogP contribution in [0.15, 0.2) is 30.5 Å². The predicted molar refractivity (Wildman–Crippen MR) is 80.9 cm³/mol. The first-order valence-corrected chi connectivity index (χ1v) is 6.84. The first-order valence-electron chi connectivity index (χ1n) is 6.84. The number of non-ortho nitro benzene ring substituents is 1. The van der Waals surface area contributed by atoms with E-state index >= 15 is 0 Å². The van der Waals surface area contributed by atoms with Gasteiger partial charge in [0.25, 0.3) is 5.69 Å². The smallest absolute Gasteiger partial charge is 0.269 e. The molecule has 0 bridgehead atoms. The second-order valence-corrected chi connectivity index (χ2v) is 6.05. The van der Waals surface area contributed by atoms with Gasteiger partial charge in [-0.3, -0.25) is 15.2 Å². The van der Waals surface area contributed by atoms with Crippen molar-refractivity contribution in [2.24, 2.45) is 0 Å². The van der Waals surface area contributed by atoms with Crippen LogP contribution < -0.4 is 5.32 Å². The molecule has 6 nitrogen and oxygen atoms in total. The Balaban J connectivity index is 1.98. The first kappa shape index (κ1) is 15.2. The monoisotopic (exact) mass is 288 g/mol. The van der Waals surface area contributed by atoms with Crippen molar-refractivity contribution in [1.29, 1.82) is 0 Å². The molecule has 6 heteroatoms. The van der Waals surface area contributed by atoms with Gasteiger partial charge in [-0.25, -0.2) is 0 Å². The summed E-state index contributed by atoms with van der Waals surface area (Å²) in [5.41, 5.74) is 3.25. The highest BCUT2D eigenvalue weighted by Crippen LogP contribution is 2.23. The molecule has 2 N–H and O–H groups in total. The second kappa shape index (κ2) is 6.05. The number of aromatic nitrogens is 2. The fourth-order valence-corrected chi connectivity index (χ4v) is 2.22. The molecule has 0 amide bonds. The van der Waals surface area contributed by atoms with Crippen LogP contribution in [0.3, 0.4) is 0 Å². The molecule has 0 spiro atoms. The van der Waals surface area contributed by atoms with E-state index in [9.17, 15) is 10.1 Å². The lowest BCUT2D eigenvalue weighted by Crippen LogP contribution is -2.19. The molecule has 2 aromatic rings. The van der Waals surface area contributed by atoms with E-state index in [4.69, 9.17) is 0 Å². The van der Waals surface area contributed by atoms with Crippen molar-refractivity contribution >= 4 is 5.69 Å². The zero-order valence-corrected chi connectivity index (χ0v) is 12.5. The summed E-state index contributed by atoms with van der Waals surface area (Å²) in [6.07, 6.45) is 1.82. The lowest BCUT2D eigenvalue weighted by molar-refractivity contribution is -0.384. The fraction of sp³-hybridized carbons (Fsp3) is 0.400. The number of hydrogen-bond donors (Lipinski definition) is 2. The zero-order chi connectivity index (χ0) is 15.5. The number of nitro benzene ring substituents is 1. The molecule has 0 aliphatic rings. The van der Waals surface area contributed by atoms with Crippen LogP contribution in [-0.2, 0) is 18.5 Å². The highest BCUT2D eigenvalue weighted by atomic mass is 16.6. The number of nitrogens with one attached hydrogen (secondary N) is 2. The number of benzene rings is 1. The lowest BCUT2D eigenvalue weighted by atomic mass is 9.89. The van der Waals surface area contributed by atoms with E-state index in [1.165, 1.54) is 6.07 Å². The first-order chi connectivity index (χ1) is 9.88. The molecule has 0 saturated heterocycles. The van der Waals surface area contributed by atoms with Crippen LogP contribution in [-0.4, -0.2) is 15.1 Å². The molecule has 0 aliphatic carbocycles. The van der Waals surface area contributed by atoms with E-state index in [0.717, 1.165) is 16.8 Å². The summed E-state index contributed by atoms with van der Waals surface area (Å²) in [7, 11) is 0. The van der Waals surface area contributed by atoms with Crippen LogP contribution in [0.4, 0.5) is 5.69 Å². The van der Waals surface area contributed by atoms with Gasteiger partial charge in [-0.1, -0.05) is 32.9 Å². The second-order valence-electron chi connectivity index (χ2n) is 6.05. The Morgan fingerprint density at radius 3 is 2.76 bits per heavy atom. The summed E-state index contributed by atoms with van der Waals surface area (Å²) in [6.45, 7) is 7.64. The Bertz CT molecular complexity index is 629. The summed E-state index contributed by atoms with van der Waals surface area (Å²) in [4.78, 5) is 10.4. The van der Waals surface area contributed by atoms with E-state index in [2.05, 4.69) is 36.3 Å². The molecule has 1 heterocycles. The van der Waals surface area contributed by atoms with E-state index in [1.807, 2.05) is 12.3 Å². The highest BCUT2D eigenvalue weighted by Gasteiger charge is 2.19. The number of hydrogen-bond acceptors (Lipinski definition) is 4. The Morgan fingerprint density at radius 1 is 1.33 bits per heavy atom. The maximum atomic E-state index is 10.7. The van der Waals surface area contributed by atoms with Gasteiger partial charge in [0.1, 0.15) is 0 Å². The Kier molecular flexibility index (Phi) is 4.37. The number of nitrogens with zero attached hydrogens (tertiary/aromatic N) is 2. The number of aromatic amines is 1. The van der Waals surface area contributed by atoms with Gasteiger partial charge in [0.2, 0.25) is 0 Å². The van der Waals surface area contributed by atoms with Crippen LogP contribution in [0.5, 0.6) is 0 Å². The van der Waals surface area contributed by atoms with Gasteiger partial charge in [0, 0.05) is 41.9 Å². The topological polar surface area (TPSA) is 83.8 Å². The molecule has 1 aromatic heterocycles. The van der Waals surface area contributed by atoms with Crippen LogP contribution in [0.1, 0.15) is 37.6 Å². The SMILES string of the molecule is CC(C)(C)c1[nH]ncc1CNCc1cccc([N+](=O)[O-])c1. The van der Waals surface area contributed by atoms with Gasteiger partial charge in [-0.2, -0.15) is 5.10 Å². The minimum absolute atomic E-state index is 0.0129. The molecular weight excluding hydrogens is 268 g/mol. The average molecular weight is 288 g/mol. The van der Waals surface area contributed by atoms with Crippen LogP contribution in [0.2, 0.25) is 0 Å². The van der Waals surface area contributed by atoms with Crippen molar-refractivity contribution in [3.8, 4) is 0 Å². The molecular formula is C15H20N4O2. The minimum atomic E-state index is -0.378. The largest absolute Gasteiger partial charge is 0.308 e. The maximum Gasteiger partial charge on any atom is 0.269 e. The van der Waals surface area contributed by atoms with E-state index in [0.29, 0.717) is 13.1 Å². The standard InChI is InChI=1S/C15H20N4O2/c1-15(2,3)14-12(10-17-18-14)9-16-8-11-5-4-6-13(7-11)19(20)21/h4-7,10,16H,8-9H2,1-3H3,(H,17,18). The fourth-order valence-electron chi connectivity index (χ4n) is 2.22. The third-order valence-electron chi connectivity index (χ3n) is 3.23.